The van der Waals surface area contributed by atoms with Gasteiger partial charge in [-0.15, -0.1) is 4.91 Å². The molecule has 0 N–H and O–H groups in total. The van der Waals surface area contributed by atoms with Crippen molar-refractivity contribution in [3.05, 3.63) is 60.2 Å². The zero-order valence-corrected chi connectivity index (χ0v) is 20.4. The average Bonchev–Trinajstić information content (AvgIpc) is 3.54. The first-order chi connectivity index (χ1) is 17.8. The highest BCUT2D eigenvalue weighted by Crippen LogP contribution is 2.36. The third-order valence-electron chi connectivity index (χ3n) is 6.27. The Balaban J connectivity index is 1.42. The fraction of sp³-hybridized carbons (Fsp3) is 0.261. The monoisotopic (exact) mass is 520 g/mol. The van der Waals surface area contributed by atoms with E-state index in [9.17, 15) is 23.4 Å². The van der Waals surface area contributed by atoms with Crippen LogP contribution in [0.25, 0.3) is 22.3 Å². The summed E-state index contributed by atoms with van der Waals surface area (Å²) in [6.45, 7) is 1.89. The van der Waals surface area contributed by atoms with Crippen LogP contribution in [-0.2, 0) is 15.6 Å². The summed E-state index contributed by atoms with van der Waals surface area (Å²) in [6.07, 6.45) is 5.50. The Bertz CT molecular complexity index is 1650. The van der Waals surface area contributed by atoms with Crippen molar-refractivity contribution in [2.45, 2.75) is 18.9 Å². The Morgan fingerprint density at radius 1 is 1.22 bits per heavy atom. The molecule has 188 valence electrons. The Hall–Kier alpha value is -4.48. The van der Waals surface area contributed by atoms with Crippen molar-refractivity contribution >= 4 is 32.8 Å². The van der Waals surface area contributed by atoms with E-state index in [1.165, 1.54) is 45.7 Å². The third kappa shape index (κ3) is 4.24. The number of rotatable bonds is 7. The lowest BCUT2D eigenvalue weighted by molar-refractivity contribution is 0.0719. The van der Waals surface area contributed by atoms with E-state index in [2.05, 4.69) is 26.3 Å². The van der Waals surface area contributed by atoms with Crippen molar-refractivity contribution in [3.8, 4) is 23.1 Å². The van der Waals surface area contributed by atoms with Gasteiger partial charge in [0.2, 0.25) is 10.0 Å². The predicted molar refractivity (Wildman–Crippen MR) is 131 cm³/mol. The molecule has 0 spiro atoms. The lowest BCUT2D eigenvalue weighted by Gasteiger charge is -2.47. The van der Waals surface area contributed by atoms with Crippen LogP contribution in [-0.4, -0.2) is 62.0 Å². The lowest BCUT2D eigenvalue weighted by Crippen LogP contribution is -2.64. The number of sulfonamides is 1. The van der Waals surface area contributed by atoms with Gasteiger partial charge in [-0.1, -0.05) is 0 Å². The van der Waals surface area contributed by atoms with Gasteiger partial charge < -0.3 is 4.74 Å². The Morgan fingerprint density at radius 3 is 2.65 bits per heavy atom. The van der Waals surface area contributed by atoms with Gasteiger partial charge in [-0.25, -0.2) is 27.7 Å². The van der Waals surface area contributed by atoms with Crippen LogP contribution in [0.15, 0.2) is 60.4 Å². The first-order valence-corrected chi connectivity index (χ1v) is 12.8. The second-order valence-electron chi connectivity index (χ2n) is 8.50. The van der Waals surface area contributed by atoms with Crippen LogP contribution >= 0.6 is 0 Å². The number of carbonyl (C=O) groups is 1. The first kappa shape index (κ1) is 24.2. The number of aromatic nitrogens is 5. The second kappa shape index (κ2) is 9.19. The Morgan fingerprint density at radius 2 is 1.97 bits per heavy atom. The van der Waals surface area contributed by atoms with Crippen LogP contribution in [0.4, 0.5) is 10.5 Å². The van der Waals surface area contributed by atoms with E-state index in [-0.39, 0.29) is 36.7 Å². The zero-order chi connectivity index (χ0) is 26.2. The van der Waals surface area contributed by atoms with Crippen LogP contribution in [0.1, 0.15) is 13.3 Å². The summed E-state index contributed by atoms with van der Waals surface area (Å²) < 4.78 is 34.0. The number of nitriles is 1. The van der Waals surface area contributed by atoms with Crippen molar-refractivity contribution in [3.63, 3.8) is 0 Å². The largest absolute Gasteiger partial charge is 0.425 e. The van der Waals surface area contributed by atoms with Gasteiger partial charge in [-0.2, -0.15) is 14.7 Å². The maximum Gasteiger partial charge on any atom is 0.425 e. The van der Waals surface area contributed by atoms with Crippen LogP contribution in [0, 0.1) is 16.2 Å². The van der Waals surface area contributed by atoms with Crippen molar-refractivity contribution in [1.29, 1.82) is 5.26 Å². The molecule has 4 heterocycles. The fourth-order valence-corrected chi connectivity index (χ4v) is 5.47. The summed E-state index contributed by atoms with van der Waals surface area (Å²) in [4.78, 5) is 31.9. The van der Waals surface area contributed by atoms with Crippen molar-refractivity contribution in [2.24, 2.45) is 5.18 Å². The molecule has 4 aromatic rings. The predicted octanol–water partition coefficient (Wildman–Crippen LogP) is 3.01. The number of hydrogen-bond acceptors (Lipinski definition) is 10. The molecule has 14 heteroatoms. The van der Waals surface area contributed by atoms with Gasteiger partial charge in [0.25, 0.3) is 0 Å². The summed E-state index contributed by atoms with van der Waals surface area (Å²) >= 11 is 0. The molecule has 0 bridgehead atoms. The lowest BCUT2D eigenvalue weighted by atomic mass is 9.89. The molecule has 3 aromatic heterocycles. The highest BCUT2D eigenvalue weighted by Gasteiger charge is 2.49. The van der Waals surface area contributed by atoms with Gasteiger partial charge in [0, 0.05) is 36.4 Å². The number of benzene rings is 1. The fourth-order valence-electron chi connectivity index (χ4n) is 4.23. The number of fused-ring (bicyclic) bond motifs is 1. The van der Waals surface area contributed by atoms with E-state index < -0.39 is 21.7 Å². The molecule has 13 nitrogen and oxygen atoms in total. The Labute approximate surface area is 210 Å². The molecule has 37 heavy (non-hydrogen) atoms. The number of ether oxygens (including phenoxy) is 1. The van der Waals surface area contributed by atoms with E-state index in [0.717, 1.165) is 0 Å². The molecule has 0 saturated carbocycles. The minimum atomic E-state index is -3.37. The zero-order valence-electron chi connectivity index (χ0n) is 19.6. The van der Waals surface area contributed by atoms with Gasteiger partial charge in [-0.05, 0) is 42.4 Å². The minimum Gasteiger partial charge on any atom is -0.410 e. The molecule has 0 amide bonds. The third-order valence-corrected chi connectivity index (χ3v) is 8.05. The standard InChI is InChI=1S/C23H20N8O5S/c1-2-37(34,35)29-13-23(14-29,8-9-24)31-12-16(11-27-31)20-19-7-10-30(21(19)26-15-25-20)22(32)36-18-5-3-17(28-33)4-6-18/h3-7,10-12,15H,2,8,13-14H2,1H3. The summed E-state index contributed by atoms with van der Waals surface area (Å²) in [7, 11) is -3.37. The maximum absolute atomic E-state index is 12.8. The van der Waals surface area contributed by atoms with Gasteiger partial charge in [0.05, 0.1) is 30.1 Å². The highest BCUT2D eigenvalue weighted by molar-refractivity contribution is 7.89. The smallest absolute Gasteiger partial charge is 0.410 e. The number of nitroso groups, excluding NO2 is 1. The molecule has 0 unspecified atom stereocenters. The van der Waals surface area contributed by atoms with Gasteiger partial charge in [0.1, 0.15) is 23.3 Å². The van der Waals surface area contributed by atoms with E-state index in [0.29, 0.717) is 22.3 Å². The van der Waals surface area contributed by atoms with Crippen LogP contribution in [0.5, 0.6) is 5.75 Å². The van der Waals surface area contributed by atoms with Gasteiger partial charge in [0.15, 0.2) is 5.65 Å². The summed E-state index contributed by atoms with van der Waals surface area (Å²) in [6, 6.07) is 9.59. The first-order valence-electron chi connectivity index (χ1n) is 11.2. The SMILES string of the molecule is CCS(=O)(=O)N1CC(CC#N)(n2cc(-c3ncnc4c3ccn4C(=O)Oc3ccc(N=O)cc3)cn2)C1. The Kier molecular flexibility index (Phi) is 6.02. The van der Waals surface area contributed by atoms with Crippen molar-refractivity contribution in [2.75, 3.05) is 18.8 Å². The molecule has 1 aliphatic heterocycles. The molecule has 0 atom stereocenters. The summed E-state index contributed by atoms with van der Waals surface area (Å²) in [5.74, 6) is 0.219. The molecule has 0 radical (unpaired) electrons. The normalized spacial score (nSPS) is 15.1. The molecular formula is C23H20N8O5S. The second-order valence-corrected chi connectivity index (χ2v) is 10.8. The van der Waals surface area contributed by atoms with Gasteiger partial charge in [-0.3, -0.25) is 4.68 Å². The molecule has 1 fully saturated rings. The van der Waals surface area contributed by atoms with E-state index >= 15 is 0 Å². The highest BCUT2D eigenvalue weighted by atomic mass is 32.2. The maximum atomic E-state index is 12.8. The van der Waals surface area contributed by atoms with Crippen LogP contribution < -0.4 is 4.74 Å². The summed E-state index contributed by atoms with van der Waals surface area (Å²) in [5, 5.41) is 17.2. The van der Waals surface area contributed by atoms with Crippen LogP contribution in [0.3, 0.4) is 0 Å². The summed E-state index contributed by atoms with van der Waals surface area (Å²) in [5.41, 5.74) is 0.872. The van der Waals surface area contributed by atoms with Crippen LogP contribution in [0.2, 0.25) is 0 Å². The molecule has 0 aliphatic carbocycles. The van der Waals surface area contributed by atoms with Crippen molar-refractivity contribution < 1.29 is 17.9 Å². The number of nitrogens with zero attached hydrogens (tertiary/aromatic N) is 8. The quantitative estimate of drug-likeness (QED) is 0.333. The number of carbonyl (C=O) groups excluding carboxylic acids is 1. The molecule has 5 rings (SSSR count). The molecule has 1 saturated heterocycles. The van der Waals surface area contributed by atoms with E-state index in [4.69, 9.17) is 4.74 Å². The van der Waals surface area contributed by atoms with Crippen molar-refractivity contribution in [1.82, 2.24) is 28.6 Å². The van der Waals surface area contributed by atoms with Gasteiger partial charge >= 0.3 is 6.09 Å². The molecule has 1 aliphatic rings. The van der Waals surface area contributed by atoms with E-state index in [1.54, 1.807) is 30.1 Å². The van der Waals surface area contributed by atoms with E-state index in [1.807, 2.05) is 0 Å². The topological polar surface area (TPSA) is 165 Å². The average molecular weight is 521 g/mol. The molecular weight excluding hydrogens is 500 g/mol. The minimum absolute atomic E-state index is 0.0143. The number of hydrogen-bond donors (Lipinski definition) is 0. The molecule has 1 aromatic carbocycles.